The summed E-state index contributed by atoms with van der Waals surface area (Å²) in [5.41, 5.74) is 1.56. The third-order valence-electron chi connectivity index (χ3n) is 2.11. The largest absolute Gasteiger partial charge is 0.462 e. The van der Waals surface area contributed by atoms with Crippen LogP contribution in [0.25, 0.3) is 5.65 Å². The molecule has 84 valence electrons. The van der Waals surface area contributed by atoms with Gasteiger partial charge in [-0.2, -0.15) is 5.10 Å². The Kier molecular flexibility index (Phi) is 2.78. The molecule has 0 aromatic carbocycles. The highest BCUT2D eigenvalue weighted by molar-refractivity contribution is 6.29. The summed E-state index contributed by atoms with van der Waals surface area (Å²) >= 11 is 5.83. The highest BCUT2D eigenvalue weighted by atomic mass is 35.5. The number of hydrogen-bond donors (Lipinski definition) is 0. The van der Waals surface area contributed by atoms with E-state index in [9.17, 15) is 4.79 Å². The zero-order valence-corrected chi connectivity index (χ0v) is 9.65. The maximum atomic E-state index is 11.6. The molecule has 0 spiro atoms. The lowest BCUT2D eigenvalue weighted by atomic mass is 10.3. The summed E-state index contributed by atoms with van der Waals surface area (Å²) in [6, 6.07) is 1.68. The number of halogens is 1. The summed E-state index contributed by atoms with van der Waals surface area (Å²) in [5.74, 6) is -0.438. The van der Waals surface area contributed by atoms with Gasteiger partial charge in [0.2, 0.25) is 0 Å². The summed E-state index contributed by atoms with van der Waals surface area (Å²) < 4.78 is 6.45. The fourth-order valence-electron chi connectivity index (χ4n) is 1.43. The molecule has 0 unspecified atom stereocenters. The van der Waals surface area contributed by atoms with E-state index in [1.165, 1.54) is 6.20 Å². The Morgan fingerprint density at radius 3 is 3.06 bits per heavy atom. The summed E-state index contributed by atoms with van der Waals surface area (Å²) in [6.07, 6.45) is 1.43. The van der Waals surface area contributed by atoms with Crippen LogP contribution in [0.5, 0.6) is 0 Å². The first-order valence-corrected chi connectivity index (χ1v) is 5.19. The van der Waals surface area contributed by atoms with Gasteiger partial charge in [0.25, 0.3) is 0 Å². The van der Waals surface area contributed by atoms with Crippen molar-refractivity contribution in [3.05, 3.63) is 28.7 Å². The zero-order valence-electron chi connectivity index (χ0n) is 8.90. The molecule has 5 nitrogen and oxygen atoms in total. The van der Waals surface area contributed by atoms with E-state index in [0.29, 0.717) is 23.0 Å². The quantitative estimate of drug-likeness (QED) is 0.593. The van der Waals surface area contributed by atoms with E-state index in [0.717, 1.165) is 5.69 Å². The van der Waals surface area contributed by atoms with Crippen LogP contribution in [0, 0.1) is 6.92 Å². The molecule has 0 bridgehead atoms. The second-order valence-corrected chi connectivity index (χ2v) is 3.62. The molecule has 0 aliphatic heterocycles. The molecule has 0 saturated carbocycles. The number of aromatic nitrogens is 3. The van der Waals surface area contributed by atoms with Gasteiger partial charge in [-0.1, -0.05) is 11.6 Å². The molecule has 0 aliphatic rings. The second-order valence-electron chi connectivity index (χ2n) is 3.23. The molecule has 2 heterocycles. The van der Waals surface area contributed by atoms with E-state index in [1.807, 2.05) is 6.92 Å². The Hall–Kier alpha value is -1.62. The molecule has 6 heteroatoms. The molecule has 2 aromatic heterocycles. The Balaban J connectivity index is 2.60. The third kappa shape index (κ3) is 1.74. The predicted molar refractivity (Wildman–Crippen MR) is 58.7 cm³/mol. The van der Waals surface area contributed by atoms with Crippen molar-refractivity contribution >= 4 is 23.2 Å². The number of rotatable bonds is 2. The summed E-state index contributed by atoms with van der Waals surface area (Å²) in [4.78, 5) is 15.6. The molecule has 2 aromatic rings. The Labute approximate surface area is 97.0 Å². The van der Waals surface area contributed by atoms with Gasteiger partial charge < -0.3 is 4.74 Å². The number of hydrogen-bond acceptors (Lipinski definition) is 4. The molecule has 2 rings (SSSR count). The van der Waals surface area contributed by atoms with Crippen LogP contribution >= 0.6 is 11.6 Å². The molecule has 0 fully saturated rings. The van der Waals surface area contributed by atoms with Gasteiger partial charge in [-0.25, -0.2) is 14.3 Å². The number of esters is 1. The van der Waals surface area contributed by atoms with Crippen LogP contribution in [0.3, 0.4) is 0 Å². The lowest BCUT2D eigenvalue weighted by Gasteiger charge is -2.01. The number of fused-ring (bicyclic) bond motifs is 1. The van der Waals surface area contributed by atoms with Crippen LogP contribution in [-0.2, 0) is 4.74 Å². The second kappa shape index (κ2) is 4.09. The molecule has 0 radical (unpaired) electrons. The molecule has 0 atom stereocenters. The SMILES string of the molecule is CCOC(=O)c1cnn2c(C)cc(Cl)nc12. The first kappa shape index (κ1) is 10.9. The normalized spacial score (nSPS) is 10.7. The van der Waals surface area contributed by atoms with E-state index in [-0.39, 0.29) is 0 Å². The molecular weight excluding hydrogens is 230 g/mol. The van der Waals surface area contributed by atoms with Crippen molar-refractivity contribution in [2.24, 2.45) is 0 Å². The van der Waals surface area contributed by atoms with Crippen molar-refractivity contribution in [3.8, 4) is 0 Å². The van der Waals surface area contributed by atoms with Gasteiger partial charge in [-0.05, 0) is 19.9 Å². The topological polar surface area (TPSA) is 56.5 Å². The van der Waals surface area contributed by atoms with Crippen molar-refractivity contribution < 1.29 is 9.53 Å². The molecule has 0 saturated heterocycles. The number of nitrogens with zero attached hydrogens (tertiary/aromatic N) is 3. The van der Waals surface area contributed by atoms with E-state index in [2.05, 4.69) is 10.1 Å². The average Bonchev–Trinajstić information content (AvgIpc) is 2.61. The van der Waals surface area contributed by atoms with Crippen molar-refractivity contribution in [2.75, 3.05) is 6.61 Å². The fourth-order valence-corrected chi connectivity index (χ4v) is 1.67. The first-order chi connectivity index (χ1) is 7.63. The predicted octanol–water partition coefficient (Wildman–Crippen LogP) is 1.87. The van der Waals surface area contributed by atoms with Crippen LogP contribution in [0.1, 0.15) is 23.0 Å². The minimum absolute atomic E-state index is 0.315. The van der Waals surface area contributed by atoms with Crippen LogP contribution in [0.4, 0.5) is 0 Å². The van der Waals surface area contributed by atoms with E-state index < -0.39 is 5.97 Å². The maximum absolute atomic E-state index is 11.6. The van der Waals surface area contributed by atoms with Crippen molar-refractivity contribution in [1.82, 2.24) is 14.6 Å². The molecular formula is C10H10ClN3O2. The Morgan fingerprint density at radius 1 is 1.62 bits per heavy atom. The van der Waals surface area contributed by atoms with Gasteiger partial charge in [-0.15, -0.1) is 0 Å². The highest BCUT2D eigenvalue weighted by Gasteiger charge is 2.16. The van der Waals surface area contributed by atoms with Gasteiger partial charge in [0.1, 0.15) is 10.7 Å². The molecule has 0 aliphatic carbocycles. The Bertz CT molecular complexity index is 550. The van der Waals surface area contributed by atoms with Gasteiger partial charge in [0.05, 0.1) is 12.8 Å². The van der Waals surface area contributed by atoms with Crippen molar-refractivity contribution in [2.45, 2.75) is 13.8 Å². The first-order valence-electron chi connectivity index (χ1n) is 4.81. The summed E-state index contributed by atoms with van der Waals surface area (Å²) in [7, 11) is 0. The minimum atomic E-state index is -0.438. The number of ether oxygens (including phenoxy) is 1. The third-order valence-corrected chi connectivity index (χ3v) is 2.31. The minimum Gasteiger partial charge on any atom is -0.462 e. The Morgan fingerprint density at radius 2 is 2.38 bits per heavy atom. The standard InChI is InChI=1S/C10H10ClN3O2/c1-3-16-10(15)7-5-12-14-6(2)4-8(11)13-9(7)14/h4-5H,3H2,1-2H3. The van der Waals surface area contributed by atoms with Crippen LogP contribution in [0.2, 0.25) is 5.15 Å². The maximum Gasteiger partial charge on any atom is 0.343 e. The number of aryl methyl sites for hydroxylation is 1. The monoisotopic (exact) mass is 239 g/mol. The lowest BCUT2D eigenvalue weighted by molar-refractivity contribution is 0.0528. The number of carbonyl (C=O) groups excluding carboxylic acids is 1. The molecule has 0 N–H and O–H groups in total. The highest BCUT2D eigenvalue weighted by Crippen LogP contribution is 2.15. The van der Waals surface area contributed by atoms with Crippen molar-refractivity contribution in [3.63, 3.8) is 0 Å². The fraction of sp³-hybridized carbons (Fsp3) is 0.300. The van der Waals surface area contributed by atoms with Crippen molar-refractivity contribution in [1.29, 1.82) is 0 Å². The average molecular weight is 240 g/mol. The smallest absolute Gasteiger partial charge is 0.343 e. The summed E-state index contributed by atoms with van der Waals surface area (Å²) in [5, 5.41) is 4.39. The molecule has 0 amide bonds. The van der Waals surface area contributed by atoms with Gasteiger partial charge >= 0.3 is 5.97 Å². The summed E-state index contributed by atoms with van der Waals surface area (Å²) in [6.45, 7) is 3.90. The van der Waals surface area contributed by atoms with E-state index in [1.54, 1.807) is 17.5 Å². The molecule has 16 heavy (non-hydrogen) atoms. The van der Waals surface area contributed by atoms with Gasteiger partial charge in [-0.3, -0.25) is 0 Å². The van der Waals surface area contributed by atoms with Gasteiger partial charge in [0, 0.05) is 5.69 Å². The van der Waals surface area contributed by atoms with E-state index in [4.69, 9.17) is 16.3 Å². The van der Waals surface area contributed by atoms with E-state index >= 15 is 0 Å². The number of carbonyl (C=O) groups is 1. The van der Waals surface area contributed by atoms with Gasteiger partial charge in [0.15, 0.2) is 5.65 Å². The van der Waals surface area contributed by atoms with Crippen LogP contribution in [0.15, 0.2) is 12.3 Å². The van der Waals surface area contributed by atoms with Crippen LogP contribution < -0.4 is 0 Å². The zero-order chi connectivity index (χ0) is 11.7. The van der Waals surface area contributed by atoms with Crippen LogP contribution in [-0.4, -0.2) is 27.2 Å². The lowest BCUT2D eigenvalue weighted by Crippen LogP contribution is -2.05.